The molecule has 1 fully saturated rings. The third kappa shape index (κ3) is 4.34. The Morgan fingerprint density at radius 1 is 1.32 bits per heavy atom. The highest BCUT2D eigenvalue weighted by molar-refractivity contribution is 5.79. The number of halogens is 2. The van der Waals surface area contributed by atoms with Gasteiger partial charge in [-0.1, -0.05) is 12.1 Å². The molecule has 1 aliphatic rings. The van der Waals surface area contributed by atoms with Gasteiger partial charge in [0.2, 0.25) is 5.91 Å². The van der Waals surface area contributed by atoms with Crippen LogP contribution in [-0.2, 0) is 11.3 Å². The maximum atomic E-state index is 12.4. The molecule has 0 spiro atoms. The molecule has 0 bridgehead atoms. The van der Waals surface area contributed by atoms with E-state index in [4.69, 9.17) is 0 Å². The maximum Gasteiger partial charge on any atom is 0.251 e. The molecule has 136 valence electrons. The molecule has 7 heteroatoms. The number of nitrogens with one attached hydrogen (secondary N) is 1. The number of hydrogen-bond acceptors (Lipinski definition) is 3. The first-order valence-corrected chi connectivity index (χ1v) is 8.74. The van der Waals surface area contributed by atoms with E-state index in [2.05, 4.69) is 14.9 Å². The van der Waals surface area contributed by atoms with E-state index in [1.54, 1.807) is 4.90 Å². The lowest BCUT2D eigenvalue weighted by Gasteiger charge is -2.30. The van der Waals surface area contributed by atoms with Crippen molar-refractivity contribution in [2.45, 2.75) is 32.7 Å². The summed E-state index contributed by atoms with van der Waals surface area (Å²) >= 11 is 0. The Bertz CT molecular complexity index is 723. The Kier molecular flexibility index (Phi) is 5.63. The van der Waals surface area contributed by atoms with E-state index >= 15 is 0 Å². The van der Waals surface area contributed by atoms with Crippen molar-refractivity contribution in [3.8, 4) is 0 Å². The molecule has 1 N–H and O–H groups in total. The summed E-state index contributed by atoms with van der Waals surface area (Å²) < 4.78 is 26.9. The van der Waals surface area contributed by atoms with Gasteiger partial charge in [-0.3, -0.25) is 9.69 Å². The number of aromatic nitrogens is 2. The van der Waals surface area contributed by atoms with Crippen molar-refractivity contribution in [1.82, 2.24) is 19.8 Å². The molecule has 0 atom stereocenters. The van der Waals surface area contributed by atoms with Crippen molar-refractivity contribution in [2.75, 3.05) is 26.2 Å². The van der Waals surface area contributed by atoms with Crippen LogP contribution in [0.15, 0.2) is 24.3 Å². The highest BCUT2D eigenvalue weighted by Gasteiger charge is 2.25. The first-order valence-electron chi connectivity index (χ1n) is 8.74. The van der Waals surface area contributed by atoms with Crippen LogP contribution < -0.4 is 5.32 Å². The summed E-state index contributed by atoms with van der Waals surface area (Å²) in [7, 11) is 0. The predicted octanol–water partition coefficient (Wildman–Crippen LogP) is 2.44. The van der Waals surface area contributed by atoms with Gasteiger partial charge in [0.05, 0.1) is 17.6 Å². The van der Waals surface area contributed by atoms with Gasteiger partial charge >= 0.3 is 0 Å². The van der Waals surface area contributed by atoms with Gasteiger partial charge in [0, 0.05) is 19.0 Å². The summed E-state index contributed by atoms with van der Waals surface area (Å²) in [6.07, 6.45) is -1.02. The number of likely N-dealkylation sites (tertiary alicyclic amines) is 1. The maximum absolute atomic E-state index is 12.4. The zero-order valence-corrected chi connectivity index (χ0v) is 14.4. The zero-order chi connectivity index (χ0) is 17.8. The SMILES string of the molecule is Cc1nc2ccccc2n1CCNC(=O)C1CCN(CC(F)F)CC1. The van der Waals surface area contributed by atoms with Crippen molar-refractivity contribution in [1.29, 1.82) is 0 Å². The van der Waals surface area contributed by atoms with E-state index in [1.807, 2.05) is 31.2 Å². The van der Waals surface area contributed by atoms with Crippen LogP contribution in [0.3, 0.4) is 0 Å². The van der Waals surface area contributed by atoms with Crippen LogP contribution in [0.25, 0.3) is 11.0 Å². The van der Waals surface area contributed by atoms with Crippen LogP contribution in [-0.4, -0.2) is 53.0 Å². The van der Waals surface area contributed by atoms with Crippen molar-refractivity contribution in [3.05, 3.63) is 30.1 Å². The second kappa shape index (κ2) is 7.91. The topological polar surface area (TPSA) is 50.2 Å². The monoisotopic (exact) mass is 350 g/mol. The summed E-state index contributed by atoms with van der Waals surface area (Å²) in [4.78, 5) is 18.5. The molecule has 1 saturated heterocycles. The number of carbonyl (C=O) groups is 1. The third-order valence-electron chi connectivity index (χ3n) is 4.83. The number of imidazole rings is 1. The van der Waals surface area contributed by atoms with Crippen molar-refractivity contribution in [3.63, 3.8) is 0 Å². The molecule has 1 amide bonds. The number of carbonyl (C=O) groups excluding carboxylic acids is 1. The van der Waals surface area contributed by atoms with Crippen LogP contribution in [0.1, 0.15) is 18.7 Å². The van der Waals surface area contributed by atoms with E-state index in [0.717, 1.165) is 16.9 Å². The van der Waals surface area contributed by atoms with Gasteiger partial charge in [-0.25, -0.2) is 13.8 Å². The smallest absolute Gasteiger partial charge is 0.251 e. The lowest BCUT2D eigenvalue weighted by Crippen LogP contribution is -2.42. The van der Waals surface area contributed by atoms with Gasteiger partial charge in [0.25, 0.3) is 6.43 Å². The third-order valence-corrected chi connectivity index (χ3v) is 4.83. The molecule has 5 nitrogen and oxygen atoms in total. The molecule has 0 saturated carbocycles. The fourth-order valence-electron chi connectivity index (χ4n) is 3.49. The largest absolute Gasteiger partial charge is 0.354 e. The molecular weight excluding hydrogens is 326 g/mol. The number of para-hydroxylation sites is 2. The minimum atomic E-state index is -2.31. The van der Waals surface area contributed by atoms with Crippen LogP contribution in [0.4, 0.5) is 8.78 Å². The molecule has 1 aliphatic heterocycles. The Labute approximate surface area is 146 Å². The zero-order valence-electron chi connectivity index (χ0n) is 14.4. The van der Waals surface area contributed by atoms with E-state index in [9.17, 15) is 13.6 Å². The lowest BCUT2D eigenvalue weighted by molar-refractivity contribution is -0.126. The number of nitrogens with zero attached hydrogens (tertiary/aromatic N) is 3. The first kappa shape index (κ1) is 17.8. The average molecular weight is 350 g/mol. The molecule has 0 radical (unpaired) electrons. The molecule has 0 unspecified atom stereocenters. The van der Waals surface area contributed by atoms with E-state index < -0.39 is 6.43 Å². The minimum Gasteiger partial charge on any atom is -0.354 e. The van der Waals surface area contributed by atoms with Gasteiger partial charge in [-0.05, 0) is 45.0 Å². The summed E-state index contributed by atoms with van der Waals surface area (Å²) in [6, 6.07) is 7.94. The quantitative estimate of drug-likeness (QED) is 0.871. The number of hydrogen-bond donors (Lipinski definition) is 1. The summed E-state index contributed by atoms with van der Waals surface area (Å²) in [6.45, 7) is 4.10. The number of aryl methyl sites for hydroxylation is 1. The second-order valence-electron chi connectivity index (χ2n) is 6.56. The van der Waals surface area contributed by atoms with Gasteiger partial charge in [-0.2, -0.15) is 0 Å². The summed E-state index contributed by atoms with van der Waals surface area (Å²) in [5.74, 6) is 0.879. The Morgan fingerprint density at radius 3 is 2.76 bits per heavy atom. The number of rotatable bonds is 6. The molecule has 2 aromatic rings. The number of piperidine rings is 1. The van der Waals surface area contributed by atoms with Gasteiger partial charge in [0.15, 0.2) is 0 Å². The number of alkyl halides is 2. The number of benzene rings is 1. The predicted molar refractivity (Wildman–Crippen MR) is 92.6 cm³/mol. The van der Waals surface area contributed by atoms with E-state index in [0.29, 0.717) is 39.0 Å². The first-order chi connectivity index (χ1) is 12.0. The van der Waals surface area contributed by atoms with Gasteiger partial charge in [0.1, 0.15) is 5.82 Å². The molecule has 0 aliphatic carbocycles. The molecule has 1 aromatic carbocycles. The fraction of sp³-hybridized carbons (Fsp3) is 0.556. The average Bonchev–Trinajstić information content (AvgIpc) is 2.90. The van der Waals surface area contributed by atoms with E-state index in [-0.39, 0.29) is 18.4 Å². The minimum absolute atomic E-state index is 0.0266. The van der Waals surface area contributed by atoms with Crippen molar-refractivity contribution in [2.24, 2.45) is 5.92 Å². The van der Waals surface area contributed by atoms with Crippen LogP contribution in [0, 0.1) is 12.8 Å². The normalized spacial score (nSPS) is 16.6. The molecule has 2 heterocycles. The van der Waals surface area contributed by atoms with Crippen LogP contribution in [0.5, 0.6) is 0 Å². The van der Waals surface area contributed by atoms with Crippen LogP contribution in [0.2, 0.25) is 0 Å². The van der Waals surface area contributed by atoms with Gasteiger partial charge in [-0.15, -0.1) is 0 Å². The Balaban J connectivity index is 1.47. The van der Waals surface area contributed by atoms with Crippen molar-refractivity contribution < 1.29 is 13.6 Å². The Morgan fingerprint density at radius 2 is 2.04 bits per heavy atom. The summed E-state index contributed by atoms with van der Waals surface area (Å²) in [5.41, 5.74) is 2.02. The lowest BCUT2D eigenvalue weighted by atomic mass is 9.96. The highest BCUT2D eigenvalue weighted by Crippen LogP contribution is 2.18. The van der Waals surface area contributed by atoms with Gasteiger partial charge < -0.3 is 9.88 Å². The highest BCUT2D eigenvalue weighted by atomic mass is 19.3. The van der Waals surface area contributed by atoms with Crippen molar-refractivity contribution >= 4 is 16.9 Å². The van der Waals surface area contributed by atoms with Crippen LogP contribution >= 0.6 is 0 Å². The second-order valence-corrected chi connectivity index (χ2v) is 6.56. The van der Waals surface area contributed by atoms with E-state index in [1.165, 1.54) is 0 Å². The fourth-order valence-corrected chi connectivity index (χ4v) is 3.49. The number of amides is 1. The molecule has 25 heavy (non-hydrogen) atoms. The molecule has 3 rings (SSSR count). The standard InChI is InChI=1S/C18H24F2N4O/c1-13-22-15-4-2-3-5-16(15)24(13)11-8-21-18(25)14-6-9-23(10-7-14)12-17(19)20/h2-5,14,17H,6-12H2,1H3,(H,21,25). The molecular formula is C18H24F2N4O. The summed E-state index contributed by atoms with van der Waals surface area (Å²) in [5, 5.41) is 2.98. The Hall–Kier alpha value is -2.02. The number of fused-ring (bicyclic) bond motifs is 1. The molecule has 1 aromatic heterocycles.